The summed E-state index contributed by atoms with van der Waals surface area (Å²) in [5.74, 6) is 1.35. The first-order valence-corrected chi connectivity index (χ1v) is 8.20. The van der Waals surface area contributed by atoms with Gasteiger partial charge in [0.15, 0.2) is 0 Å². The lowest BCUT2D eigenvalue weighted by molar-refractivity contribution is -0.385. The number of thiazole rings is 1. The van der Waals surface area contributed by atoms with Crippen molar-refractivity contribution in [1.82, 2.24) is 9.97 Å². The predicted octanol–water partition coefficient (Wildman–Crippen LogP) is 3.45. The topological polar surface area (TPSA) is 72.2 Å². The zero-order valence-electron chi connectivity index (χ0n) is 12.7. The summed E-state index contributed by atoms with van der Waals surface area (Å²) in [6.45, 7) is 5.61. The summed E-state index contributed by atoms with van der Waals surface area (Å²) in [5, 5.41) is 14.2. The third kappa shape index (κ3) is 2.94. The van der Waals surface area contributed by atoms with Gasteiger partial charge in [0.05, 0.1) is 9.93 Å². The van der Waals surface area contributed by atoms with E-state index in [1.807, 2.05) is 13.0 Å². The fourth-order valence-electron chi connectivity index (χ4n) is 2.81. The molecule has 2 aromatic heterocycles. The SMILES string of the molecule is Cc1csc(C2CCN(c3cc(C)c([N+](=O)[O-])cn3)CC2)n1. The van der Waals surface area contributed by atoms with Crippen molar-refractivity contribution in [2.24, 2.45) is 0 Å². The molecule has 0 unspecified atom stereocenters. The third-order valence-electron chi connectivity index (χ3n) is 4.07. The van der Waals surface area contributed by atoms with E-state index < -0.39 is 0 Å². The first kappa shape index (κ1) is 14.9. The van der Waals surface area contributed by atoms with Gasteiger partial charge >= 0.3 is 0 Å². The largest absolute Gasteiger partial charge is 0.357 e. The Bertz CT molecular complexity index is 693. The lowest BCUT2D eigenvalue weighted by Gasteiger charge is -2.32. The number of anilines is 1. The van der Waals surface area contributed by atoms with Crippen molar-refractivity contribution in [1.29, 1.82) is 0 Å². The van der Waals surface area contributed by atoms with Crippen LogP contribution in [0.3, 0.4) is 0 Å². The zero-order chi connectivity index (χ0) is 15.7. The lowest BCUT2D eigenvalue weighted by atomic mass is 9.97. The average molecular weight is 318 g/mol. The van der Waals surface area contributed by atoms with E-state index in [2.05, 4.69) is 20.2 Å². The second-order valence-electron chi connectivity index (χ2n) is 5.67. The zero-order valence-corrected chi connectivity index (χ0v) is 13.5. The van der Waals surface area contributed by atoms with Crippen molar-refractivity contribution in [3.63, 3.8) is 0 Å². The van der Waals surface area contributed by atoms with Crippen LogP contribution in [0.4, 0.5) is 11.5 Å². The van der Waals surface area contributed by atoms with Crippen LogP contribution in [-0.2, 0) is 0 Å². The Balaban J connectivity index is 1.68. The van der Waals surface area contributed by atoms with Gasteiger partial charge in [-0.15, -0.1) is 11.3 Å². The highest BCUT2D eigenvalue weighted by molar-refractivity contribution is 7.09. The van der Waals surface area contributed by atoms with E-state index in [4.69, 9.17) is 0 Å². The van der Waals surface area contributed by atoms with E-state index in [9.17, 15) is 10.1 Å². The van der Waals surface area contributed by atoms with Crippen LogP contribution in [0.2, 0.25) is 0 Å². The summed E-state index contributed by atoms with van der Waals surface area (Å²) in [7, 11) is 0. The van der Waals surface area contributed by atoms with Gasteiger partial charge in [0.2, 0.25) is 0 Å². The highest BCUT2D eigenvalue weighted by atomic mass is 32.1. The van der Waals surface area contributed by atoms with Gasteiger partial charge in [-0.25, -0.2) is 9.97 Å². The minimum atomic E-state index is -0.386. The smallest absolute Gasteiger partial charge is 0.290 e. The molecule has 0 amide bonds. The molecule has 0 radical (unpaired) electrons. The van der Waals surface area contributed by atoms with Crippen LogP contribution < -0.4 is 4.90 Å². The van der Waals surface area contributed by atoms with Gasteiger partial charge in [0.25, 0.3) is 5.69 Å². The molecule has 2 aromatic rings. The van der Waals surface area contributed by atoms with Crippen LogP contribution in [0.25, 0.3) is 0 Å². The molecule has 6 nitrogen and oxygen atoms in total. The van der Waals surface area contributed by atoms with Crippen molar-refractivity contribution in [3.8, 4) is 0 Å². The predicted molar refractivity (Wildman–Crippen MR) is 86.7 cm³/mol. The van der Waals surface area contributed by atoms with Crippen molar-refractivity contribution in [3.05, 3.63) is 44.0 Å². The standard InChI is InChI=1S/C15H18N4O2S/c1-10-7-14(16-8-13(10)19(20)21)18-5-3-12(4-6-18)15-17-11(2)9-22-15/h7-9,12H,3-6H2,1-2H3. The summed E-state index contributed by atoms with van der Waals surface area (Å²) in [6.07, 6.45) is 3.45. The van der Waals surface area contributed by atoms with E-state index in [0.29, 0.717) is 11.5 Å². The maximum Gasteiger partial charge on any atom is 0.290 e. The third-order valence-corrected chi connectivity index (χ3v) is 5.20. The summed E-state index contributed by atoms with van der Waals surface area (Å²) in [4.78, 5) is 21.5. The van der Waals surface area contributed by atoms with E-state index in [0.717, 1.165) is 37.4 Å². The van der Waals surface area contributed by atoms with Crippen LogP contribution in [0.1, 0.15) is 35.0 Å². The molecule has 7 heteroatoms. The van der Waals surface area contributed by atoms with Crippen molar-refractivity contribution < 1.29 is 4.92 Å². The number of pyridine rings is 1. The second kappa shape index (κ2) is 6.00. The van der Waals surface area contributed by atoms with Gasteiger partial charge in [-0.2, -0.15) is 0 Å². The molecular formula is C15H18N4O2S. The Morgan fingerprint density at radius 1 is 1.36 bits per heavy atom. The number of hydrogen-bond acceptors (Lipinski definition) is 6. The maximum absolute atomic E-state index is 10.9. The number of piperidine rings is 1. The molecule has 1 saturated heterocycles. The lowest BCUT2D eigenvalue weighted by Crippen LogP contribution is -2.33. The Morgan fingerprint density at radius 2 is 2.09 bits per heavy atom. The van der Waals surface area contributed by atoms with Crippen LogP contribution in [-0.4, -0.2) is 28.0 Å². The Morgan fingerprint density at radius 3 is 2.64 bits per heavy atom. The minimum absolute atomic E-state index is 0.0805. The Hall–Kier alpha value is -2.02. The van der Waals surface area contributed by atoms with Crippen molar-refractivity contribution >= 4 is 22.8 Å². The molecular weight excluding hydrogens is 300 g/mol. The molecule has 22 heavy (non-hydrogen) atoms. The van der Waals surface area contributed by atoms with Crippen LogP contribution in [0, 0.1) is 24.0 Å². The van der Waals surface area contributed by atoms with Crippen LogP contribution >= 0.6 is 11.3 Å². The fraction of sp³-hybridized carbons (Fsp3) is 0.467. The average Bonchev–Trinajstić information content (AvgIpc) is 2.93. The molecule has 116 valence electrons. The number of rotatable bonds is 3. The number of aryl methyl sites for hydroxylation is 2. The maximum atomic E-state index is 10.9. The quantitative estimate of drug-likeness (QED) is 0.640. The monoisotopic (exact) mass is 318 g/mol. The number of aromatic nitrogens is 2. The Kier molecular flexibility index (Phi) is 4.06. The summed E-state index contributed by atoms with van der Waals surface area (Å²) in [5.41, 5.74) is 1.83. The summed E-state index contributed by atoms with van der Waals surface area (Å²) >= 11 is 1.74. The van der Waals surface area contributed by atoms with Crippen molar-refractivity contribution in [2.75, 3.05) is 18.0 Å². The van der Waals surface area contributed by atoms with Gasteiger partial charge in [-0.3, -0.25) is 10.1 Å². The molecule has 1 aliphatic rings. The number of hydrogen-bond donors (Lipinski definition) is 0. The molecule has 0 aliphatic carbocycles. The second-order valence-corrected chi connectivity index (χ2v) is 6.56. The molecule has 0 aromatic carbocycles. The van der Waals surface area contributed by atoms with E-state index >= 15 is 0 Å². The highest BCUT2D eigenvalue weighted by Crippen LogP contribution is 2.32. The molecule has 0 bridgehead atoms. The summed E-state index contributed by atoms with van der Waals surface area (Å²) < 4.78 is 0. The van der Waals surface area contributed by atoms with Crippen LogP contribution in [0.5, 0.6) is 0 Å². The molecule has 3 rings (SSSR count). The van der Waals surface area contributed by atoms with Gasteiger partial charge in [-0.1, -0.05) is 0 Å². The molecule has 0 spiro atoms. The van der Waals surface area contributed by atoms with E-state index in [1.165, 1.54) is 11.2 Å². The van der Waals surface area contributed by atoms with E-state index in [1.54, 1.807) is 18.3 Å². The summed E-state index contributed by atoms with van der Waals surface area (Å²) in [6, 6.07) is 1.81. The van der Waals surface area contributed by atoms with Gasteiger partial charge in [0, 0.05) is 35.6 Å². The molecule has 1 aliphatic heterocycles. The van der Waals surface area contributed by atoms with E-state index in [-0.39, 0.29) is 10.6 Å². The number of nitro groups is 1. The molecule has 0 atom stereocenters. The van der Waals surface area contributed by atoms with Crippen molar-refractivity contribution in [2.45, 2.75) is 32.6 Å². The molecule has 0 saturated carbocycles. The van der Waals surface area contributed by atoms with Crippen LogP contribution in [0.15, 0.2) is 17.6 Å². The van der Waals surface area contributed by atoms with Gasteiger partial charge in [-0.05, 0) is 32.8 Å². The first-order chi connectivity index (χ1) is 10.5. The number of nitrogens with zero attached hydrogens (tertiary/aromatic N) is 4. The molecule has 1 fully saturated rings. The van der Waals surface area contributed by atoms with Gasteiger partial charge < -0.3 is 4.90 Å². The van der Waals surface area contributed by atoms with Gasteiger partial charge in [0.1, 0.15) is 12.0 Å². The molecule has 0 N–H and O–H groups in total. The minimum Gasteiger partial charge on any atom is -0.357 e. The fourth-order valence-corrected chi connectivity index (χ4v) is 3.78. The highest BCUT2D eigenvalue weighted by Gasteiger charge is 2.24. The molecule has 3 heterocycles. The first-order valence-electron chi connectivity index (χ1n) is 7.32. The Labute approximate surface area is 133 Å². The normalized spacial score (nSPS) is 16.0.